The van der Waals surface area contributed by atoms with E-state index in [1.54, 1.807) is 12.1 Å². The summed E-state index contributed by atoms with van der Waals surface area (Å²) in [6, 6.07) is 20.9. The van der Waals surface area contributed by atoms with Gasteiger partial charge in [0.05, 0.1) is 0 Å². The van der Waals surface area contributed by atoms with E-state index in [0.29, 0.717) is 28.8 Å². The van der Waals surface area contributed by atoms with E-state index in [1.165, 1.54) is 0 Å². The van der Waals surface area contributed by atoms with Crippen LogP contribution in [0.5, 0.6) is 0 Å². The molecule has 2 heterocycles. The first-order chi connectivity index (χ1) is 14.2. The van der Waals surface area contributed by atoms with Gasteiger partial charge < -0.3 is 9.42 Å². The predicted molar refractivity (Wildman–Crippen MR) is 112 cm³/mol. The van der Waals surface area contributed by atoms with E-state index in [9.17, 15) is 4.79 Å². The average molecular weight is 404 g/mol. The quantitative estimate of drug-likeness (QED) is 0.452. The maximum atomic E-state index is 13.4. The minimum Gasteiger partial charge on any atom is -0.337 e. The van der Waals surface area contributed by atoms with Gasteiger partial charge in [-0.3, -0.25) is 4.79 Å². The van der Waals surface area contributed by atoms with Crippen LogP contribution in [0.1, 0.15) is 35.1 Å². The predicted octanol–water partition coefficient (Wildman–Crippen LogP) is 5.52. The maximum absolute atomic E-state index is 13.4. The number of benzene rings is 3. The van der Waals surface area contributed by atoms with E-state index in [2.05, 4.69) is 10.1 Å². The fourth-order valence-electron chi connectivity index (χ4n) is 3.95. The Morgan fingerprint density at radius 1 is 1.07 bits per heavy atom. The number of amides is 1. The number of likely N-dealkylation sites (tertiary alicyclic amines) is 1. The van der Waals surface area contributed by atoms with Crippen molar-refractivity contribution >= 4 is 28.3 Å². The van der Waals surface area contributed by atoms with Crippen LogP contribution in [0.25, 0.3) is 22.2 Å². The molecule has 5 nitrogen and oxygen atoms in total. The summed E-state index contributed by atoms with van der Waals surface area (Å²) >= 11 is 6.07. The second-order valence-corrected chi connectivity index (χ2v) is 7.59. The van der Waals surface area contributed by atoms with Crippen LogP contribution in [0.2, 0.25) is 5.02 Å². The largest absolute Gasteiger partial charge is 0.337 e. The first kappa shape index (κ1) is 17.9. The second kappa shape index (κ2) is 7.33. The summed E-state index contributed by atoms with van der Waals surface area (Å²) in [4.78, 5) is 19.8. The van der Waals surface area contributed by atoms with Crippen molar-refractivity contribution in [3.8, 4) is 11.4 Å². The molecule has 1 fully saturated rings. The van der Waals surface area contributed by atoms with Crippen LogP contribution >= 0.6 is 11.6 Å². The second-order valence-electron chi connectivity index (χ2n) is 7.15. The third-order valence-corrected chi connectivity index (χ3v) is 5.58. The topological polar surface area (TPSA) is 59.2 Å². The first-order valence-electron chi connectivity index (χ1n) is 9.59. The number of halogens is 1. The summed E-state index contributed by atoms with van der Waals surface area (Å²) in [6.45, 7) is 0.668. The van der Waals surface area contributed by atoms with Crippen molar-refractivity contribution in [3.63, 3.8) is 0 Å². The average Bonchev–Trinajstić information content (AvgIpc) is 3.42. The smallest absolute Gasteiger partial charge is 0.255 e. The van der Waals surface area contributed by atoms with E-state index in [-0.39, 0.29) is 11.9 Å². The van der Waals surface area contributed by atoms with Crippen LogP contribution in [0, 0.1) is 0 Å². The highest BCUT2D eigenvalue weighted by molar-refractivity contribution is 6.30. The van der Waals surface area contributed by atoms with Crippen molar-refractivity contribution in [2.75, 3.05) is 6.54 Å². The van der Waals surface area contributed by atoms with Crippen molar-refractivity contribution in [2.45, 2.75) is 18.9 Å². The molecule has 0 N–H and O–H groups in total. The molecule has 5 rings (SSSR count). The molecule has 29 heavy (non-hydrogen) atoms. The Balaban J connectivity index is 1.47. The Morgan fingerprint density at radius 3 is 2.79 bits per heavy atom. The Labute approximate surface area is 172 Å². The molecule has 0 saturated carbocycles. The van der Waals surface area contributed by atoms with E-state index in [1.807, 2.05) is 59.5 Å². The normalized spacial score (nSPS) is 16.4. The zero-order chi connectivity index (χ0) is 19.8. The zero-order valence-electron chi connectivity index (χ0n) is 15.6. The molecule has 4 aromatic rings. The minimum absolute atomic E-state index is 0.00759. The highest BCUT2D eigenvalue weighted by atomic mass is 35.5. The van der Waals surface area contributed by atoms with Gasteiger partial charge in [0.1, 0.15) is 6.04 Å². The van der Waals surface area contributed by atoms with Crippen LogP contribution in [0.3, 0.4) is 0 Å². The lowest BCUT2D eigenvalue weighted by molar-refractivity contribution is 0.0712. The summed E-state index contributed by atoms with van der Waals surface area (Å²) in [5.74, 6) is 0.935. The van der Waals surface area contributed by atoms with Gasteiger partial charge in [-0.15, -0.1) is 0 Å². The number of hydrogen-bond acceptors (Lipinski definition) is 4. The molecule has 144 valence electrons. The number of rotatable bonds is 3. The number of carbonyl (C=O) groups excluding carboxylic acids is 1. The SMILES string of the molecule is O=C(c1cccc2ccccc12)N1CCCC1c1nc(-c2cccc(Cl)c2)no1. The summed E-state index contributed by atoms with van der Waals surface area (Å²) in [7, 11) is 0. The van der Waals surface area contributed by atoms with Crippen molar-refractivity contribution in [2.24, 2.45) is 0 Å². The van der Waals surface area contributed by atoms with Crippen molar-refractivity contribution < 1.29 is 9.32 Å². The van der Waals surface area contributed by atoms with E-state index in [4.69, 9.17) is 16.1 Å². The third kappa shape index (κ3) is 3.28. The standard InChI is InChI=1S/C23H18ClN3O2/c24-17-9-3-8-16(14-17)21-25-22(29-26-21)20-12-5-13-27(20)23(28)19-11-4-7-15-6-1-2-10-18(15)19/h1-4,6-11,14,20H,5,12-13H2. The molecule has 1 amide bonds. The van der Waals surface area contributed by atoms with Gasteiger partial charge in [0.25, 0.3) is 5.91 Å². The molecule has 1 saturated heterocycles. The molecule has 1 aliphatic heterocycles. The Kier molecular flexibility index (Phi) is 4.52. The van der Waals surface area contributed by atoms with Gasteiger partial charge in [0.15, 0.2) is 0 Å². The third-order valence-electron chi connectivity index (χ3n) is 5.34. The van der Waals surface area contributed by atoms with Crippen molar-refractivity contribution in [1.82, 2.24) is 15.0 Å². The number of hydrogen-bond donors (Lipinski definition) is 0. The fraction of sp³-hybridized carbons (Fsp3) is 0.174. The number of aromatic nitrogens is 2. The monoisotopic (exact) mass is 403 g/mol. The van der Waals surface area contributed by atoms with E-state index >= 15 is 0 Å². The molecule has 0 bridgehead atoms. The van der Waals surface area contributed by atoms with Crippen LogP contribution in [-0.4, -0.2) is 27.5 Å². The summed E-state index contributed by atoms with van der Waals surface area (Å²) in [5, 5.41) is 6.72. The van der Waals surface area contributed by atoms with Crippen molar-refractivity contribution in [3.05, 3.63) is 83.2 Å². The highest BCUT2D eigenvalue weighted by Gasteiger charge is 2.35. The highest BCUT2D eigenvalue weighted by Crippen LogP contribution is 2.34. The molecule has 0 aliphatic carbocycles. The maximum Gasteiger partial charge on any atom is 0.255 e. The molecule has 0 radical (unpaired) electrons. The van der Waals surface area contributed by atoms with Gasteiger partial charge in [-0.25, -0.2) is 0 Å². The van der Waals surface area contributed by atoms with Crippen LogP contribution < -0.4 is 0 Å². The lowest BCUT2D eigenvalue weighted by Crippen LogP contribution is -2.30. The molecule has 1 unspecified atom stereocenters. The molecular weight excluding hydrogens is 386 g/mol. The molecule has 1 aliphatic rings. The fourth-order valence-corrected chi connectivity index (χ4v) is 4.14. The minimum atomic E-state index is -0.220. The Morgan fingerprint density at radius 2 is 1.90 bits per heavy atom. The van der Waals surface area contributed by atoms with E-state index < -0.39 is 0 Å². The lowest BCUT2D eigenvalue weighted by atomic mass is 10.0. The Bertz CT molecular complexity index is 1200. The van der Waals surface area contributed by atoms with Crippen LogP contribution in [0.4, 0.5) is 0 Å². The van der Waals surface area contributed by atoms with Gasteiger partial charge >= 0.3 is 0 Å². The van der Waals surface area contributed by atoms with Gasteiger partial charge in [0, 0.05) is 22.7 Å². The number of carbonyl (C=O) groups is 1. The molecule has 6 heteroatoms. The molecule has 1 atom stereocenters. The molecule has 0 spiro atoms. The van der Waals surface area contributed by atoms with Gasteiger partial charge in [0.2, 0.25) is 11.7 Å². The Hall–Kier alpha value is -3.18. The summed E-state index contributed by atoms with van der Waals surface area (Å²) in [5.41, 5.74) is 1.49. The number of nitrogens with zero attached hydrogens (tertiary/aromatic N) is 3. The van der Waals surface area contributed by atoms with Gasteiger partial charge in [-0.05, 0) is 41.8 Å². The van der Waals surface area contributed by atoms with Gasteiger partial charge in [-0.1, -0.05) is 65.3 Å². The summed E-state index contributed by atoms with van der Waals surface area (Å²) < 4.78 is 5.55. The lowest BCUT2D eigenvalue weighted by Gasteiger charge is -2.22. The van der Waals surface area contributed by atoms with Crippen LogP contribution in [0.15, 0.2) is 71.3 Å². The van der Waals surface area contributed by atoms with Crippen LogP contribution in [-0.2, 0) is 0 Å². The molecular formula is C23H18ClN3O2. The number of fused-ring (bicyclic) bond motifs is 1. The molecule has 1 aromatic heterocycles. The first-order valence-corrected chi connectivity index (χ1v) is 9.97. The van der Waals surface area contributed by atoms with E-state index in [0.717, 1.165) is 29.2 Å². The van der Waals surface area contributed by atoms with Crippen molar-refractivity contribution in [1.29, 1.82) is 0 Å². The van der Waals surface area contributed by atoms with Gasteiger partial charge in [-0.2, -0.15) is 4.98 Å². The zero-order valence-corrected chi connectivity index (χ0v) is 16.3. The molecule has 3 aromatic carbocycles. The summed E-state index contributed by atoms with van der Waals surface area (Å²) in [6.07, 6.45) is 1.70.